The quantitative estimate of drug-likeness (QED) is 0.446. The molecule has 126 valence electrons. The maximum absolute atomic E-state index is 12.2. The fourth-order valence-corrected chi connectivity index (χ4v) is 2.25. The molecule has 7 heteroatoms. The number of carbonyl (C=O) groups is 2. The predicted molar refractivity (Wildman–Crippen MR) is 93.2 cm³/mol. The van der Waals surface area contributed by atoms with Crippen molar-refractivity contribution in [3.05, 3.63) is 59.7 Å². The molecule has 0 aromatic heterocycles. The normalized spacial score (nSPS) is 11.9. The molecule has 1 unspecified atom stereocenters. The van der Waals surface area contributed by atoms with Gasteiger partial charge in [0, 0.05) is 16.8 Å². The van der Waals surface area contributed by atoms with Crippen molar-refractivity contribution in [2.45, 2.75) is 11.1 Å². The number of ketones is 2. The van der Waals surface area contributed by atoms with Crippen LogP contribution in [0.1, 0.15) is 20.7 Å². The van der Waals surface area contributed by atoms with Crippen molar-refractivity contribution in [2.75, 3.05) is 12.4 Å². The fraction of sp³-hybridized carbons (Fsp3) is 0.176. The highest BCUT2D eigenvalue weighted by molar-refractivity contribution is 6.55. The van der Waals surface area contributed by atoms with Crippen LogP contribution >= 0.6 is 23.2 Å². The summed E-state index contributed by atoms with van der Waals surface area (Å²) in [5.41, 5.74) is 1.16. The molecule has 0 amide bonds. The van der Waals surface area contributed by atoms with E-state index in [9.17, 15) is 14.7 Å². The fourth-order valence-electron chi connectivity index (χ4n) is 1.99. The maximum Gasteiger partial charge on any atom is 0.211 e. The lowest BCUT2D eigenvalue weighted by atomic mass is 10.1. The minimum atomic E-state index is -1.42. The van der Waals surface area contributed by atoms with E-state index in [0.29, 0.717) is 22.6 Å². The number of halogens is 2. The van der Waals surface area contributed by atoms with E-state index in [4.69, 9.17) is 27.9 Å². The van der Waals surface area contributed by atoms with E-state index in [1.54, 1.807) is 36.4 Å². The molecule has 1 atom stereocenters. The predicted octanol–water partition coefficient (Wildman–Crippen LogP) is 3.29. The Morgan fingerprint density at radius 2 is 1.46 bits per heavy atom. The van der Waals surface area contributed by atoms with Gasteiger partial charge < -0.3 is 15.2 Å². The van der Waals surface area contributed by atoms with Crippen LogP contribution in [0.5, 0.6) is 5.75 Å². The molecule has 0 saturated heterocycles. The lowest BCUT2D eigenvalue weighted by molar-refractivity contribution is 0.0793. The zero-order chi connectivity index (χ0) is 17.7. The molecule has 2 rings (SSSR count). The van der Waals surface area contributed by atoms with E-state index in [0.717, 1.165) is 0 Å². The summed E-state index contributed by atoms with van der Waals surface area (Å²) in [6.45, 7) is 0. The molecule has 0 saturated carbocycles. The Morgan fingerprint density at radius 3 is 1.96 bits per heavy atom. The average molecular weight is 368 g/mol. The van der Waals surface area contributed by atoms with Crippen molar-refractivity contribution in [1.29, 1.82) is 0 Å². The third-order valence-corrected chi connectivity index (χ3v) is 3.69. The third-order valence-electron chi connectivity index (χ3n) is 3.29. The van der Waals surface area contributed by atoms with Crippen molar-refractivity contribution < 1.29 is 19.4 Å². The number of ether oxygens (including phenoxy) is 1. The minimum absolute atomic E-state index is 0.339. The van der Waals surface area contributed by atoms with Crippen LogP contribution in [0.3, 0.4) is 0 Å². The first-order chi connectivity index (χ1) is 11.4. The van der Waals surface area contributed by atoms with Gasteiger partial charge in [-0.05, 0) is 48.5 Å². The molecule has 0 aliphatic carbocycles. The highest BCUT2D eigenvalue weighted by Crippen LogP contribution is 2.17. The molecule has 0 bridgehead atoms. The second-order valence-corrected chi connectivity index (χ2v) is 5.98. The number of hydrogen-bond acceptors (Lipinski definition) is 5. The van der Waals surface area contributed by atoms with Crippen LogP contribution < -0.4 is 10.1 Å². The molecular weight excluding hydrogens is 353 g/mol. The van der Waals surface area contributed by atoms with Gasteiger partial charge in [-0.15, -0.1) is 0 Å². The van der Waals surface area contributed by atoms with Gasteiger partial charge in [0.2, 0.25) is 5.78 Å². The minimum Gasteiger partial charge on any atom is -0.497 e. The number of hydrogen-bond donors (Lipinski definition) is 2. The number of benzene rings is 2. The molecule has 24 heavy (non-hydrogen) atoms. The summed E-state index contributed by atoms with van der Waals surface area (Å²) >= 11 is 11.0. The first-order valence-corrected chi connectivity index (χ1v) is 7.85. The summed E-state index contributed by atoms with van der Waals surface area (Å²) in [5.74, 6) is -0.287. The molecule has 0 radical (unpaired) electrons. The number of anilines is 1. The van der Waals surface area contributed by atoms with Gasteiger partial charge in [-0.2, -0.15) is 0 Å². The number of carbonyl (C=O) groups excluding carboxylic acids is 2. The van der Waals surface area contributed by atoms with Gasteiger partial charge in [-0.1, -0.05) is 23.2 Å². The third kappa shape index (κ3) is 4.47. The Kier molecular flexibility index (Phi) is 6.20. The Hall–Kier alpha value is -2.08. The summed E-state index contributed by atoms with van der Waals surface area (Å²) in [6, 6.07) is 12.5. The molecule has 2 aromatic carbocycles. The van der Waals surface area contributed by atoms with Crippen LogP contribution in [-0.2, 0) is 0 Å². The lowest BCUT2D eigenvalue weighted by Gasteiger charge is -2.14. The van der Waals surface area contributed by atoms with E-state index >= 15 is 0 Å². The SMILES string of the molecule is COc1ccc(C(=O)C(O)Nc2ccc(C(=O)C(Cl)Cl)cc2)cc1. The van der Waals surface area contributed by atoms with Crippen molar-refractivity contribution in [3.63, 3.8) is 0 Å². The van der Waals surface area contributed by atoms with Gasteiger partial charge >= 0.3 is 0 Å². The van der Waals surface area contributed by atoms with E-state index in [1.807, 2.05) is 0 Å². The summed E-state index contributed by atoms with van der Waals surface area (Å²) < 4.78 is 5.02. The molecule has 5 nitrogen and oxygen atoms in total. The van der Waals surface area contributed by atoms with Gasteiger partial charge in [0.15, 0.2) is 16.8 Å². The molecule has 2 aromatic rings. The highest BCUT2D eigenvalue weighted by atomic mass is 35.5. The second kappa shape index (κ2) is 8.15. The zero-order valence-electron chi connectivity index (χ0n) is 12.7. The van der Waals surface area contributed by atoms with E-state index < -0.39 is 22.6 Å². The standard InChI is InChI=1S/C17H15Cl2NO4/c1-24-13-8-4-11(5-9-13)15(22)17(23)20-12-6-2-10(3-7-12)14(21)16(18)19/h2-9,16-17,20,23H,1H3. The van der Waals surface area contributed by atoms with E-state index in [2.05, 4.69) is 5.32 Å². The van der Waals surface area contributed by atoms with Crippen LogP contribution in [-0.4, -0.2) is 34.8 Å². The smallest absolute Gasteiger partial charge is 0.211 e. The second-order valence-electron chi connectivity index (χ2n) is 4.88. The van der Waals surface area contributed by atoms with Gasteiger partial charge in [-0.3, -0.25) is 9.59 Å². The van der Waals surface area contributed by atoms with Crippen LogP contribution in [0.25, 0.3) is 0 Å². The van der Waals surface area contributed by atoms with Crippen LogP contribution in [0, 0.1) is 0 Å². The monoisotopic (exact) mass is 367 g/mol. The molecule has 0 fully saturated rings. The molecule has 2 N–H and O–H groups in total. The van der Waals surface area contributed by atoms with Crippen molar-refractivity contribution >= 4 is 40.5 Å². The van der Waals surface area contributed by atoms with E-state index in [1.165, 1.54) is 19.2 Å². The Morgan fingerprint density at radius 1 is 0.958 bits per heavy atom. The molecule has 0 heterocycles. The highest BCUT2D eigenvalue weighted by Gasteiger charge is 2.18. The molecule has 0 aliphatic rings. The summed E-state index contributed by atoms with van der Waals surface area (Å²) in [7, 11) is 1.53. The van der Waals surface area contributed by atoms with Crippen LogP contribution in [0.4, 0.5) is 5.69 Å². The number of aliphatic hydroxyl groups is 1. The topological polar surface area (TPSA) is 75.6 Å². The number of rotatable bonds is 7. The van der Waals surface area contributed by atoms with Crippen LogP contribution in [0.15, 0.2) is 48.5 Å². The van der Waals surface area contributed by atoms with Crippen molar-refractivity contribution in [1.82, 2.24) is 0 Å². The van der Waals surface area contributed by atoms with Crippen molar-refractivity contribution in [3.8, 4) is 5.75 Å². The van der Waals surface area contributed by atoms with Crippen molar-refractivity contribution in [2.24, 2.45) is 0 Å². The summed E-state index contributed by atoms with van der Waals surface area (Å²) in [6.07, 6.45) is -1.42. The number of aliphatic hydroxyl groups excluding tert-OH is 1. The maximum atomic E-state index is 12.2. The van der Waals surface area contributed by atoms with Gasteiger partial charge in [-0.25, -0.2) is 0 Å². The summed E-state index contributed by atoms with van der Waals surface area (Å²) in [4.78, 5) is 22.7. The molecule has 0 aliphatic heterocycles. The Bertz CT molecular complexity index is 714. The first kappa shape index (κ1) is 18.3. The average Bonchev–Trinajstić information content (AvgIpc) is 2.61. The number of Topliss-reactive ketones (excluding diaryl/α,β-unsaturated/α-hetero) is 2. The molecular formula is C17H15Cl2NO4. The molecule has 0 spiro atoms. The van der Waals surface area contributed by atoms with E-state index in [-0.39, 0.29) is 0 Å². The largest absolute Gasteiger partial charge is 0.497 e. The zero-order valence-corrected chi connectivity index (χ0v) is 14.2. The van der Waals surface area contributed by atoms with Crippen LogP contribution in [0.2, 0.25) is 0 Å². The van der Waals surface area contributed by atoms with Gasteiger partial charge in [0.05, 0.1) is 7.11 Å². The number of nitrogens with one attached hydrogen (secondary N) is 1. The van der Waals surface area contributed by atoms with Gasteiger partial charge in [0.1, 0.15) is 5.75 Å². The Balaban J connectivity index is 2.04. The first-order valence-electron chi connectivity index (χ1n) is 6.97. The summed E-state index contributed by atoms with van der Waals surface area (Å²) in [5, 5.41) is 12.7. The number of alkyl halides is 2. The van der Waals surface area contributed by atoms with Gasteiger partial charge in [0.25, 0.3) is 0 Å². The number of methoxy groups -OCH3 is 1. The Labute approximate surface area is 149 Å². The lowest BCUT2D eigenvalue weighted by Crippen LogP contribution is -2.29.